The van der Waals surface area contributed by atoms with Crippen molar-refractivity contribution in [2.24, 2.45) is 5.92 Å². The zero-order valence-corrected chi connectivity index (χ0v) is 12.6. The van der Waals surface area contributed by atoms with E-state index in [2.05, 4.69) is 15.6 Å². The number of aryl methyl sites for hydroxylation is 2. The van der Waals surface area contributed by atoms with Crippen LogP contribution < -0.4 is 10.6 Å². The number of rotatable bonds is 4. The number of carbonyl (C=O) groups is 1. The van der Waals surface area contributed by atoms with Crippen LogP contribution in [-0.2, 0) is 11.3 Å². The van der Waals surface area contributed by atoms with Crippen LogP contribution in [0.4, 0.5) is 4.79 Å². The van der Waals surface area contributed by atoms with E-state index in [1.807, 2.05) is 13.8 Å². The van der Waals surface area contributed by atoms with Crippen molar-refractivity contribution < 1.29 is 13.9 Å². The van der Waals surface area contributed by atoms with Gasteiger partial charge in [0.15, 0.2) is 0 Å². The lowest BCUT2D eigenvalue weighted by molar-refractivity contribution is -0.00915. The third kappa shape index (κ3) is 3.75. The number of urea groups is 1. The Bertz CT molecular complexity index is 491. The molecule has 0 spiro atoms. The van der Waals surface area contributed by atoms with Crippen molar-refractivity contribution in [1.29, 1.82) is 0 Å². The van der Waals surface area contributed by atoms with Crippen LogP contribution in [0, 0.1) is 19.8 Å². The van der Waals surface area contributed by atoms with Crippen molar-refractivity contribution in [1.82, 2.24) is 15.6 Å². The first-order valence-electron chi connectivity index (χ1n) is 7.70. The van der Waals surface area contributed by atoms with Gasteiger partial charge in [-0.25, -0.2) is 9.78 Å². The van der Waals surface area contributed by atoms with Gasteiger partial charge in [-0.3, -0.25) is 0 Å². The Labute approximate surface area is 124 Å². The predicted molar refractivity (Wildman–Crippen MR) is 76.8 cm³/mol. The third-order valence-electron chi connectivity index (χ3n) is 4.27. The van der Waals surface area contributed by atoms with Gasteiger partial charge in [-0.05, 0) is 45.4 Å². The summed E-state index contributed by atoms with van der Waals surface area (Å²) in [6.07, 6.45) is 4.68. The number of nitrogens with one attached hydrogen (secondary N) is 2. The molecule has 6 heteroatoms. The van der Waals surface area contributed by atoms with E-state index in [0.717, 1.165) is 36.8 Å². The van der Waals surface area contributed by atoms with E-state index in [4.69, 9.17) is 9.15 Å². The van der Waals surface area contributed by atoms with Gasteiger partial charge in [0.25, 0.3) is 0 Å². The minimum absolute atomic E-state index is 0.162. The molecular formula is C15H23N3O3. The van der Waals surface area contributed by atoms with Crippen LogP contribution in [0.3, 0.4) is 0 Å². The molecule has 2 fully saturated rings. The maximum Gasteiger partial charge on any atom is 0.315 e. The summed E-state index contributed by atoms with van der Waals surface area (Å²) in [7, 11) is 0. The summed E-state index contributed by atoms with van der Waals surface area (Å²) < 4.78 is 11.2. The Kier molecular flexibility index (Phi) is 4.14. The van der Waals surface area contributed by atoms with Gasteiger partial charge >= 0.3 is 6.03 Å². The molecule has 0 bridgehead atoms. The first-order valence-corrected chi connectivity index (χ1v) is 7.70. The van der Waals surface area contributed by atoms with Crippen LogP contribution >= 0.6 is 0 Å². The van der Waals surface area contributed by atoms with Gasteiger partial charge in [0, 0.05) is 12.6 Å². The lowest BCUT2D eigenvalue weighted by atomic mass is 10.0. The Balaban J connectivity index is 1.43. The molecule has 2 N–H and O–H groups in total. The lowest BCUT2D eigenvalue weighted by Crippen LogP contribution is -2.46. The molecule has 21 heavy (non-hydrogen) atoms. The molecule has 1 aliphatic heterocycles. The molecule has 0 aromatic carbocycles. The first kappa shape index (κ1) is 14.4. The molecule has 1 saturated heterocycles. The molecule has 1 aliphatic carbocycles. The number of nitrogens with zero attached hydrogens (tertiary/aromatic N) is 1. The first-order chi connectivity index (χ1) is 10.1. The zero-order valence-electron chi connectivity index (χ0n) is 12.6. The molecule has 3 rings (SSSR count). The van der Waals surface area contributed by atoms with Gasteiger partial charge < -0.3 is 19.8 Å². The summed E-state index contributed by atoms with van der Waals surface area (Å²) in [6.45, 7) is 4.81. The number of carbonyl (C=O) groups excluding carboxylic acids is 1. The molecular weight excluding hydrogens is 270 g/mol. The van der Waals surface area contributed by atoms with Crippen molar-refractivity contribution in [2.75, 3.05) is 6.61 Å². The second-order valence-corrected chi connectivity index (χ2v) is 6.04. The molecule has 1 aromatic rings. The SMILES string of the molecule is Cc1nc(CNC(=O)N[C@@H]2CCO[C@@H](C3CC3)C2)oc1C. The minimum atomic E-state index is -0.162. The molecule has 2 aliphatic rings. The fourth-order valence-corrected chi connectivity index (χ4v) is 2.76. The average Bonchev–Trinajstić information content (AvgIpc) is 3.25. The largest absolute Gasteiger partial charge is 0.444 e. The van der Waals surface area contributed by atoms with Gasteiger partial charge in [0.1, 0.15) is 5.76 Å². The highest BCUT2D eigenvalue weighted by Crippen LogP contribution is 2.38. The summed E-state index contributed by atoms with van der Waals surface area (Å²) in [5, 5.41) is 5.82. The lowest BCUT2D eigenvalue weighted by Gasteiger charge is -2.30. The monoisotopic (exact) mass is 293 g/mol. The molecule has 2 heterocycles. The zero-order chi connectivity index (χ0) is 14.8. The highest BCUT2D eigenvalue weighted by molar-refractivity contribution is 5.74. The van der Waals surface area contributed by atoms with Crippen molar-refractivity contribution in [3.05, 3.63) is 17.3 Å². The molecule has 6 nitrogen and oxygen atoms in total. The fraction of sp³-hybridized carbons (Fsp3) is 0.733. The van der Waals surface area contributed by atoms with E-state index in [0.29, 0.717) is 18.5 Å². The van der Waals surface area contributed by atoms with Crippen LogP contribution in [0.1, 0.15) is 43.0 Å². The molecule has 0 radical (unpaired) electrons. The predicted octanol–water partition coefficient (Wildman–Crippen LogP) is 2.05. The van der Waals surface area contributed by atoms with Crippen molar-refractivity contribution in [3.8, 4) is 0 Å². The Morgan fingerprint density at radius 3 is 2.81 bits per heavy atom. The van der Waals surface area contributed by atoms with E-state index < -0.39 is 0 Å². The number of oxazole rings is 1. The number of ether oxygens (including phenoxy) is 1. The number of hydrogen-bond donors (Lipinski definition) is 2. The highest BCUT2D eigenvalue weighted by atomic mass is 16.5. The van der Waals surface area contributed by atoms with Crippen LogP contribution in [0.25, 0.3) is 0 Å². The fourth-order valence-electron chi connectivity index (χ4n) is 2.76. The quantitative estimate of drug-likeness (QED) is 0.890. The second kappa shape index (κ2) is 6.05. The van der Waals surface area contributed by atoms with E-state index in [-0.39, 0.29) is 12.1 Å². The topological polar surface area (TPSA) is 76.4 Å². The van der Waals surface area contributed by atoms with Gasteiger partial charge in [0.05, 0.1) is 18.3 Å². The van der Waals surface area contributed by atoms with Crippen LogP contribution in [0.15, 0.2) is 4.42 Å². The Morgan fingerprint density at radius 2 is 2.14 bits per heavy atom. The van der Waals surface area contributed by atoms with E-state index in [1.54, 1.807) is 0 Å². The van der Waals surface area contributed by atoms with E-state index >= 15 is 0 Å². The second-order valence-electron chi connectivity index (χ2n) is 6.04. The summed E-state index contributed by atoms with van der Waals surface area (Å²) in [6, 6.07) is 0.0438. The van der Waals surface area contributed by atoms with Gasteiger partial charge in [-0.2, -0.15) is 0 Å². The molecule has 1 saturated carbocycles. The summed E-state index contributed by atoms with van der Waals surface area (Å²) >= 11 is 0. The molecule has 2 amide bonds. The number of aromatic nitrogens is 1. The number of hydrogen-bond acceptors (Lipinski definition) is 4. The normalized spacial score (nSPS) is 25.6. The van der Waals surface area contributed by atoms with Gasteiger partial charge in [-0.15, -0.1) is 0 Å². The molecule has 1 aromatic heterocycles. The van der Waals surface area contributed by atoms with Crippen molar-refractivity contribution in [2.45, 2.75) is 58.2 Å². The Morgan fingerprint density at radius 1 is 1.33 bits per heavy atom. The van der Waals surface area contributed by atoms with E-state index in [9.17, 15) is 4.79 Å². The average molecular weight is 293 g/mol. The summed E-state index contributed by atoms with van der Waals surface area (Å²) in [5.41, 5.74) is 0.865. The molecule has 116 valence electrons. The third-order valence-corrected chi connectivity index (χ3v) is 4.27. The smallest absolute Gasteiger partial charge is 0.315 e. The Hall–Kier alpha value is -1.56. The van der Waals surface area contributed by atoms with Crippen molar-refractivity contribution >= 4 is 6.03 Å². The summed E-state index contributed by atoms with van der Waals surface area (Å²) in [5.74, 6) is 2.06. The maximum atomic E-state index is 11.9. The van der Waals surface area contributed by atoms with Gasteiger partial charge in [-0.1, -0.05) is 0 Å². The summed E-state index contributed by atoms with van der Waals surface area (Å²) in [4.78, 5) is 16.2. The van der Waals surface area contributed by atoms with Crippen molar-refractivity contribution in [3.63, 3.8) is 0 Å². The standard InChI is InChI=1S/C15H23N3O3/c1-9-10(2)21-14(17-9)8-16-15(19)18-12-5-6-20-13(7-12)11-3-4-11/h11-13H,3-8H2,1-2H3,(H2,16,18,19)/t12-,13-/m1/s1. The molecule has 0 unspecified atom stereocenters. The maximum absolute atomic E-state index is 11.9. The number of amides is 2. The highest BCUT2D eigenvalue weighted by Gasteiger charge is 2.36. The van der Waals surface area contributed by atoms with E-state index in [1.165, 1.54) is 12.8 Å². The van der Waals surface area contributed by atoms with Crippen LogP contribution in [0.2, 0.25) is 0 Å². The van der Waals surface area contributed by atoms with Crippen LogP contribution in [-0.4, -0.2) is 29.8 Å². The molecule has 2 atom stereocenters. The minimum Gasteiger partial charge on any atom is -0.444 e. The van der Waals surface area contributed by atoms with Gasteiger partial charge in [0.2, 0.25) is 5.89 Å². The van der Waals surface area contributed by atoms with Crippen LogP contribution in [0.5, 0.6) is 0 Å².